The van der Waals surface area contributed by atoms with Crippen LogP contribution in [-0.4, -0.2) is 5.97 Å². The first-order valence-corrected chi connectivity index (χ1v) is 7.59. The molecule has 3 aliphatic rings. The molecule has 4 atom stereocenters. The third kappa shape index (κ3) is 1.26. The van der Waals surface area contributed by atoms with E-state index < -0.39 is 5.60 Å². The molecule has 0 saturated heterocycles. The van der Waals surface area contributed by atoms with Crippen molar-refractivity contribution in [3.8, 4) is 0 Å². The van der Waals surface area contributed by atoms with Gasteiger partial charge in [0.25, 0.3) is 0 Å². The van der Waals surface area contributed by atoms with E-state index in [4.69, 9.17) is 4.74 Å². The zero-order chi connectivity index (χ0) is 14.2. The minimum absolute atomic E-state index is 0.171. The Morgan fingerprint density at radius 1 is 1.05 bits per heavy atom. The summed E-state index contributed by atoms with van der Waals surface area (Å²) in [5.41, 5.74) is 5.01. The Balaban J connectivity index is 1.76. The molecule has 0 radical (unpaired) electrons. The molecule has 5 rings (SSSR count). The van der Waals surface area contributed by atoms with E-state index in [0.29, 0.717) is 17.8 Å². The van der Waals surface area contributed by atoms with Crippen molar-refractivity contribution < 1.29 is 9.53 Å². The van der Waals surface area contributed by atoms with Crippen molar-refractivity contribution >= 4 is 5.97 Å². The van der Waals surface area contributed by atoms with E-state index in [1.54, 1.807) is 0 Å². The van der Waals surface area contributed by atoms with Crippen LogP contribution in [0.15, 0.2) is 48.5 Å². The maximum absolute atomic E-state index is 11.8. The molecule has 0 aliphatic heterocycles. The van der Waals surface area contributed by atoms with E-state index in [2.05, 4.69) is 48.5 Å². The van der Waals surface area contributed by atoms with Crippen LogP contribution in [0.1, 0.15) is 41.0 Å². The first-order valence-electron chi connectivity index (χ1n) is 7.59. The lowest BCUT2D eigenvalue weighted by molar-refractivity contribution is -0.161. The Hall–Kier alpha value is -2.09. The highest BCUT2D eigenvalue weighted by atomic mass is 16.6. The van der Waals surface area contributed by atoms with E-state index >= 15 is 0 Å². The van der Waals surface area contributed by atoms with Crippen molar-refractivity contribution in [2.45, 2.75) is 30.8 Å². The first kappa shape index (κ1) is 11.6. The molecule has 0 spiro atoms. The van der Waals surface area contributed by atoms with Gasteiger partial charge in [-0.05, 0) is 34.1 Å². The Morgan fingerprint density at radius 2 is 1.71 bits per heavy atom. The van der Waals surface area contributed by atoms with E-state index in [-0.39, 0.29) is 5.97 Å². The predicted molar refractivity (Wildman–Crippen MR) is 79.0 cm³/mol. The Kier molecular flexibility index (Phi) is 1.96. The van der Waals surface area contributed by atoms with Gasteiger partial charge < -0.3 is 4.74 Å². The summed E-state index contributed by atoms with van der Waals surface area (Å²) in [7, 11) is 0. The molecular formula is C19H16O2. The number of fused-ring (bicyclic) bond motifs is 6. The summed E-state index contributed by atoms with van der Waals surface area (Å²) in [4.78, 5) is 11.8. The molecule has 0 aromatic heterocycles. The summed E-state index contributed by atoms with van der Waals surface area (Å²) in [5.74, 6) is 1.33. The smallest absolute Gasteiger partial charge is 0.303 e. The molecule has 2 aromatic carbocycles. The van der Waals surface area contributed by atoms with E-state index in [1.807, 2.05) is 0 Å². The van der Waals surface area contributed by atoms with Crippen molar-refractivity contribution in [2.75, 3.05) is 0 Å². The van der Waals surface area contributed by atoms with Gasteiger partial charge in [0, 0.05) is 19.3 Å². The van der Waals surface area contributed by atoms with Crippen LogP contribution in [0.3, 0.4) is 0 Å². The fourth-order valence-electron chi connectivity index (χ4n) is 4.95. The molecule has 2 heteroatoms. The van der Waals surface area contributed by atoms with Crippen LogP contribution in [0.5, 0.6) is 0 Å². The second kappa shape index (κ2) is 3.56. The fraction of sp³-hybridized carbons (Fsp3) is 0.316. The molecule has 21 heavy (non-hydrogen) atoms. The van der Waals surface area contributed by atoms with Crippen LogP contribution < -0.4 is 0 Å². The van der Waals surface area contributed by atoms with Crippen molar-refractivity contribution in [2.24, 2.45) is 5.92 Å². The predicted octanol–water partition coefficient (Wildman–Crippen LogP) is 3.51. The molecule has 3 aliphatic carbocycles. The van der Waals surface area contributed by atoms with Gasteiger partial charge in [-0.1, -0.05) is 48.5 Å². The molecule has 0 amide bonds. The average molecular weight is 276 g/mol. The third-order valence-electron chi connectivity index (χ3n) is 5.53. The Morgan fingerprint density at radius 3 is 2.52 bits per heavy atom. The van der Waals surface area contributed by atoms with Gasteiger partial charge >= 0.3 is 5.97 Å². The zero-order valence-electron chi connectivity index (χ0n) is 11.9. The lowest BCUT2D eigenvalue weighted by Crippen LogP contribution is -2.38. The minimum atomic E-state index is -0.424. The number of hydrogen-bond acceptors (Lipinski definition) is 2. The lowest BCUT2D eigenvalue weighted by atomic mass is 9.75. The zero-order valence-corrected chi connectivity index (χ0v) is 11.9. The quantitative estimate of drug-likeness (QED) is 0.745. The Labute approximate surface area is 123 Å². The van der Waals surface area contributed by atoms with Gasteiger partial charge in [-0.15, -0.1) is 0 Å². The second-order valence-corrected chi connectivity index (χ2v) is 6.52. The highest BCUT2D eigenvalue weighted by molar-refractivity contribution is 5.69. The molecule has 2 nitrogen and oxygen atoms in total. The summed E-state index contributed by atoms with van der Waals surface area (Å²) in [6.45, 7) is 1.53. The van der Waals surface area contributed by atoms with Crippen molar-refractivity contribution in [3.05, 3.63) is 70.8 Å². The maximum atomic E-state index is 11.8. The van der Waals surface area contributed by atoms with Crippen LogP contribution in [0.25, 0.3) is 0 Å². The topological polar surface area (TPSA) is 26.3 Å². The molecule has 1 fully saturated rings. The van der Waals surface area contributed by atoms with Gasteiger partial charge in [0.1, 0.15) is 5.60 Å². The monoisotopic (exact) mass is 276 g/mol. The van der Waals surface area contributed by atoms with Crippen LogP contribution in [0, 0.1) is 5.92 Å². The van der Waals surface area contributed by atoms with Crippen LogP contribution >= 0.6 is 0 Å². The molecule has 104 valence electrons. The minimum Gasteiger partial charge on any atom is -0.454 e. The number of esters is 1. The molecule has 0 unspecified atom stereocenters. The van der Waals surface area contributed by atoms with E-state index in [9.17, 15) is 4.79 Å². The van der Waals surface area contributed by atoms with E-state index in [0.717, 1.165) is 6.42 Å². The third-order valence-corrected chi connectivity index (χ3v) is 5.53. The fourth-order valence-corrected chi connectivity index (χ4v) is 4.95. The largest absolute Gasteiger partial charge is 0.454 e. The van der Waals surface area contributed by atoms with Gasteiger partial charge in [-0.3, -0.25) is 4.79 Å². The first-order chi connectivity index (χ1) is 10.2. The molecular weight excluding hydrogens is 260 g/mol. The summed E-state index contributed by atoms with van der Waals surface area (Å²) in [6, 6.07) is 17.2. The highest BCUT2D eigenvalue weighted by Gasteiger charge is 2.72. The molecule has 0 N–H and O–H groups in total. The van der Waals surface area contributed by atoms with Gasteiger partial charge in [0.05, 0.1) is 0 Å². The van der Waals surface area contributed by atoms with Crippen molar-refractivity contribution in [1.82, 2.24) is 0 Å². The highest BCUT2D eigenvalue weighted by Crippen LogP contribution is 2.76. The van der Waals surface area contributed by atoms with Crippen molar-refractivity contribution in [1.29, 1.82) is 0 Å². The number of carbonyl (C=O) groups is 1. The second-order valence-electron chi connectivity index (χ2n) is 6.52. The Bertz CT molecular complexity index is 779. The molecule has 2 aromatic rings. The van der Waals surface area contributed by atoms with Gasteiger partial charge in [0.2, 0.25) is 0 Å². The standard InChI is InChI=1S/C19H16O2/c1-11(20)21-19-10-12-6-2-3-7-13(12)16-17(18(16)19)14-8-4-5-9-15(14)19/h2-9,16-18H,10H2,1H3/t16-,17-,18-,19-/m1/s1. The summed E-state index contributed by atoms with van der Waals surface area (Å²) in [5, 5.41) is 0. The number of hydrogen-bond donors (Lipinski definition) is 0. The molecule has 1 saturated carbocycles. The normalized spacial score (nSPS) is 33.7. The number of benzene rings is 2. The van der Waals surface area contributed by atoms with Crippen molar-refractivity contribution in [3.63, 3.8) is 0 Å². The maximum Gasteiger partial charge on any atom is 0.303 e. The summed E-state index contributed by atoms with van der Waals surface area (Å²) in [6.07, 6.45) is 0.817. The van der Waals surface area contributed by atoms with Crippen LogP contribution in [-0.2, 0) is 21.6 Å². The number of carbonyl (C=O) groups excluding carboxylic acids is 1. The van der Waals surface area contributed by atoms with Crippen LogP contribution in [0.4, 0.5) is 0 Å². The number of ether oxygens (including phenoxy) is 1. The van der Waals surface area contributed by atoms with Gasteiger partial charge in [-0.2, -0.15) is 0 Å². The van der Waals surface area contributed by atoms with Gasteiger partial charge in [0.15, 0.2) is 0 Å². The summed E-state index contributed by atoms with van der Waals surface area (Å²) < 4.78 is 5.97. The number of rotatable bonds is 1. The lowest BCUT2D eigenvalue weighted by Gasteiger charge is -2.37. The average Bonchev–Trinajstić information content (AvgIpc) is 3.17. The molecule has 0 bridgehead atoms. The van der Waals surface area contributed by atoms with E-state index in [1.165, 1.54) is 29.2 Å². The SMILES string of the molecule is CC(=O)O[C@]12Cc3ccccc3[C@@H]3[C@@H](c4ccccc41)[C@@H]32. The summed E-state index contributed by atoms with van der Waals surface area (Å²) >= 11 is 0. The van der Waals surface area contributed by atoms with Gasteiger partial charge in [-0.25, -0.2) is 0 Å². The van der Waals surface area contributed by atoms with Crippen LogP contribution in [0.2, 0.25) is 0 Å². The molecule has 0 heterocycles.